The lowest BCUT2D eigenvalue weighted by molar-refractivity contribution is -0.134. The van der Waals surface area contributed by atoms with Gasteiger partial charge in [-0.3, -0.25) is 9.59 Å². The Bertz CT molecular complexity index is 943. The molecule has 2 aromatic heterocycles. The van der Waals surface area contributed by atoms with Crippen molar-refractivity contribution in [2.24, 2.45) is 11.3 Å². The average molecular weight is 437 g/mol. The van der Waals surface area contributed by atoms with Crippen LogP contribution in [0.15, 0.2) is 48.0 Å². The molecule has 2 amide bonds. The second-order valence-electron chi connectivity index (χ2n) is 8.79. The van der Waals surface area contributed by atoms with Gasteiger partial charge in [0.05, 0.1) is 0 Å². The van der Waals surface area contributed by atoms with Crippen molar-refractivity contribution in [3.05, 3.63) is 52.9 Å². The molecule has 1 atom stereocenters. The maximum absolute atomic E-state index is 13.1. The van der Waals surface area contributed by atoms with E-state index in [-0.39, 0.29) is 17.2 Å². The molecule has 2 aromatic rings. The van der Waals surface area contributed by atoms with Crippen LogP contribution in [0.5, 0.6) is 0 Å². The third kappa shape index (κ3) is 4.24. The van der Waals surface area contributed by atoms with Crippen LogP contribution in [-0.4, -0.2) is 65.9 Å². The minimum absolute atomic E-state index is 0.0809. The minimum atomic E-state index is 0.0809. The summed E-state index contributed by atoms with van der Waals surface area (Å²) in [5.74, 6) is 1.53. The van der Waals surface area contributed by atoms with E-state index in [0.717, 1.165) is 69.2 Å². The van der Waals surface area contributed by atoms with Gasteiger partial charge in [-0.2, -0.15) is 0 Å². The molecule has 5 rings (SSSR count). The Hall–Kier alpha value is -2.67. The lowest BCUT2D eigenvalue weighted by atomic mass is 9.90. The van der Waals surface area contributed by atoms with E-state index in [1.807, 2.05) is 57.8 Å². The Kier molecular flexibility index (Phi) is 5.52. The number of hydrogen-bond donors (Lipinski definition) is 0. The van der Waals surface area contributed by atoms with Gasteiger partial charge in [0.15, 0.2) is 0 Å². The Morgan fingerprint density at radius 2 is 1.81 bits per heavy atom. The van der Waals surface area contributed by atoms with Crippen molar-refractivity contribution in [1.82, 2.24) is 14.8 Å². The number of piperidine rings is 1. The van der Waals surface area contributed by atoms with Crippen molar-refractivity contribution < 1.29 is 9.59 Å². The molecule has 0 unspecified atom stereocenters. The van der Waals surface area contributed by atoms with E-state index in [1.54, 1.807) is 17.4 Å². The zero-order valence-electron chi connectivity index (χ0n) is 17.7. The maximum Gasteiger partial charge on any atom is 0.246 e. The van der Waals surface area contributed by atoms with E-state index in [9.17, 15) is 9.59 Å². The minimum Gasteiger partial charge on any atom is -0.353 e. The summed E-state index contributed by atoms with van der Waals surface area (Å²) in [6.07, 6.45) is 8.26. The summed E-state index contributed by atoms with van der Waals surface area (Å²) < 4.78 is 0. The summed E-state index contributed by atoms with van der Waals surface area (Å²) in [5.41, 5.74) is 0.128. The van der Waals surface area contributed by atoms with E-state index in [1.165, 1.54) is 0 Å². The van der Waals surface area contributed by atoms with Crippen molar-refractivity contribution in [1.29, 1.82) is 0 Å². The molecule has 3 aliphatic rings. The number of carbonyl (C=O) groups excluding carboxylic acids is 2. The normalized spacial score (nSPS) is 22.8. The van der Waals surface area contributed by atoms with Gasteiger partial charge in [-0.05, 0) is 54.3 Å². The maximum atomic E-state index is 13.1. The van der Waals surface area contributed by atoms with Gasteiger partial charge < -0.3 is 14.7 Å². The highest BCUT2D eigenvalue weighted by molar-refractivity contribution is 7.10. The molecule has 4 heterocycles. The first-order chi connectivity index (χ1) is 15.1. The zero-order chi connectivity index (χ0) is 21.3. The third-order valence-corrected chi connectivity index (χ3v) is 7.89. The van der Waals surface area contributed by atoms with Crippen LogP contribution in [0.4, 0.5) is 5.82 Å². The number of amides is 2. The van der Waals surface area contributed by atoms with Gasteiger partial charge in [0, 0.05) is 62.3 Å². The van der Waals surface area contributed by atoms with Crippen molar-refractivity contribution >= 4 is 35.0 Å². The highest BCUT2D eigenvalue weighted by atomic mass is 32.1. The summed E-state index contributed by atoms with van der Waals surface area (Å²) in [6.45, 7) is 4.71. The van der Waals surface area contributed by atoms with Crippen LogP contribution < -0.4 is 4.90 Å². The largest absolute Gasteiger partial charge is 0.353 e. The summed E-state index contributed by atoms with van der Waals surface area (Å²) >= 11 is 1.63. The SMILES string of the molecule is O=C(/C=C/c1cccs1)N1CCC2(CC1)C[C@@H]2C(=O)N1CCN(c2ccccn2)CC1. The number of aromatic nitrogens is 1. The molecule has 0 aromatic carbocycles. The molecule has 0 bridgehead atoms. The molecule has 1 aliphatic carbocycles. The topological polar surface area (TPSA) is 56.8 Å². The van der Waals surface area contributed by atoms with Crippen LogP contribution in [-0.2, 0) is 9.59 Å². The van der Waals surface area contributed by atoms with Gasteiger partial charge in [0.2, 0.25) is 11.8 Å². The van der Waals surface area contributed by atoms with Gasteiger partial charge in [0.25, 0.3) is 0 Å². The molecule has 162 valence electrons. The Labute approximate surface area is 187 Å². The predicted octanol–water partition coefficient (Wildman–Crippen LogP) is 3.13. The first-order valence-electron chi connectivity index (χ1n) is 11.1. The van der Waals surface area contributed by atoms with Gasteiger partial charge in [0.1, 0.15) is 5.82 Å². The molecule has 1 saturated carbocycles. The van der Waals surface area contributed by atoms with E-state index < -0.39 is 0 Å². The van der Waals surface area contributed by atoms with E-state index >= 15 is 0 Å². The number of anilines is 1. The van der Waals surface area contributed by atoms with Gasteiger partial charge in [-0.25, -0.2) is 4.98 Å². The van der Waals surface area contributed by atoms with E-state index in [4.69, 9.17) is 0 Å². The standard InChI is InChI=1S/C24H28N4O2S/c29-22(7-6-19-4-3-17-31-19)27-11-8-24(9-12-27)18-20(24)23(30)28-15-13-26(14-16-28)21-5-1-2-10-25-21/h1-7,10,17,20H,8-9,11-16,18H2/b7-6+/t20-/m1/s1. The summed E-state index contributed by atoms with van der Waals surface area (Å²) in [5, 5.41) is 2.01. The fourth-order valence-corrected chi connectivity index (χ4v) is 5.60. The van der Waals surface area contributed by atoms with Crippen molar-refractivity contribution in [3.8, 4) is 0 Å². The van der Waals surface area contributed by atoms with Crippen LogP contribution in [0.25, 0.3) is 6.08 Å². The fraction of sp³-hybridized carbons (Fsp3) is 0.458. The number of likely N-dealkylation sites (tertiary alicyclic amines) is 1. The van der Waals surface area contributed by atoms with Gasteiger partial charge in [-0.1, -0.05) is 12.1 Å². The van der Waals surface area contributed by atoms with Crippen LogP contribution in [0, 0.1) is 11.3 Å². The average Bonchev–Trinajstić information content (AvgIpc) is 3.25. The van der Waals surface area contributed by atoms with Crippen LogP contribution >= 0.6 is 11.3 Å². The fourth-order valence-electron chi connectivity index (χ4n) is 4.98. The van der Waals surface area contributed by atoms with Crippen molar-refractivity contribution in [2.75, 3.05) is 44.2 Å². The van der Waals surface area contributed by atoms with Crippen molar-refractivity contribution in [3.63, 3.8) is 0 Å². The highest BCUT2D eigenvalue weighted by Crippen LogP contribution is 2.60. The molecule has 7 heteroatoms. The monoisotopic (exact) mass is 436 g/mol. The molecule has 0 N–H and O–H groups in total. The van der Waals surface area contributed by atoms with Gasteiger partial charge in [-0.15, -0.1) is 11.3 Å². The lowest BCUT2D eigenvalue weighted by Crippen LogP contribution is -2.50. The highest BCUT2D eigenvalue weighted by Gasteiger charge is 2.59. The van der Waals surface area contributed by atoms with Crippen molar-refractivity contribution in [2.45, 2.75) is 19.3 Å². The summed E-state index contributed by atoms with van der Waals surface area (Å²) in [7, 11) is 0. The molecule has 1 spiro atoms. The molecule has 3 fully saturated rings. The Morgan fingerprint density at radius 3 is 2.48 bits per heavy atom. The second kappa shape index (κ2) is 8.46. The number of carbonyl (C=O) groups is 2. The first-order valence-corrected chi connectivity index (χ1v) is 12.0. The van der Waals surface area contributed by atoms with E-state index in [2.05, 4.69) is 9.88 Å². The summed E-state index contributed by atoms with van der Waals surface area (Å²) in [4.78, 5) is 37.4. The van der Waals surface area contributed by atoms with Crippen LogP contribution in [0.3, 0.4) is 0 Å². The summed E-state index contributed by atoms with van der Waals surface area (Å²) in [6, 6.07) is 9.95. The predicted molar refractivity (Wildman–Crippen MR) is 123 cm³/mol. The lowest BCUT2D eigenvalue weighted by Gasteiger charge is -2.37. The van der Waals surface area contributed by atoms with E-state index in [0.29, 0.717) is 5.91 Å². The number of rotatable bonds is 4. The molecule has 31 heavy (non-hydrogen) atoms. The smallest absolute Gasteiger partial charge is 0.246 e. The second-order valence-corrected chi connectivity index (χ2v) is 9.77. The molecule has 0 radical (unpaired) electrons. The van der Waals surface area contributed by atoms with Crippen LogP contribution in [0.2, 0.25) is 0 Å². The Morgan fingerprint density at radius 1 is 1.00 bits per heavy atom. The molecule has 2 saturated heterocycles. The number of thiophene rings is 1. The zero-order valence-corrected chi connectivity index (χ0v) is 18.5. The number of nitrogens with zero attached hydrogens (tertiary/aromatic N) is 4. The number of hydrogen-bond acceptors (Lipinski definition) is 5. The van der Waals surface area contributed by atoms with Crippen LogP contribution in [0.1, 0.15) is 24.1 Å². The number of piperazine rings is 1. The molecule has 2 aliphatic heterocycles. The first kappa shape index (κ1) is 20.2. The molecular formula is C24H28N4O2S. The third-order valence-electron chi connectivity index (χ3n) is 7.06. The quantitative estimate of drug-likeness (QED) is 0.691. The number of pyridine rings is 1. The Balaban J connectivity index is 1.10. The molecular weight excluding hydrogens is 408 g/mol. The van der Waals surface area contributed by atoms with Gasteiger partial charge >= 0.3 is 0 Å². The molecule has 6 nitrogen and oxygen atoms in total.